The normalized spacial score (nSPS) is 13.0. The minimum Gasteiger partial charge on any atom is -0.494 e. The topological polar surface area (TPSA) is 40.9 Å². The van der Waals surface area contributed by atoms with Crippen LogP contribution in [0.25, 0.3) is 11.4 Å². The van der Waals surface area contributed by atoms with E-state index >= 15 is 0 Å². The minimum absolute atomic E-state index is 0.669. The van der Waals surface area contributed by atoms with Crippen molar-refractivity contribution < 1.29 is 9.30 Å². The lowest BCUT2D eigenvalue weighted by Crippen LogP contribution is -2.36. The summed E-state index contributed by atoms with van der Waals surface area (Å²) in [5, 5.41) is 6.50. The highest BCUT2D eigenvalue weighted by molar-refractivity contribution is 8.02. The highest BCUT2D eigenvalue weighted by atomic mass is 32.2. The summed E-state index contributed by atoms with van der Waals surface area (Å²) >= 11 is 6.34. The number of fused-ring (bicyclic) bond motifs is 1. The number of anilines is 1. The summed E-state index contributed by atoms with van der Waals surface area (Å²) in [7, 11) is 0. The van der Waals surface area contributed by atoms with Gasteiger partial charge in [0.05, 0.1) is 18.0 Å². The summed E-state index contributed by atoms with van der Waals surface area (Å²) in [4.78, 5) is 4.50. The molecule has 0 unspecified atom stereocenters. The highest BCUT2D eigenvalue weighted by Gasteiger charge is 2.27. The van der Waals surface area contributed by atoms with Gasteiger partial charge in [0.1, 0.15) is 17.1 Å². The fourth-order valence-electron chi connectivity index (χ4n) is 3.08. The van der Waals surface area contributed by atoms with Crippen molar-refractivity contribution in [1.82, 2.24) is 4.98 Å². The summed E-state index contributed by atoms with van der Waals surface area (Å²) in [6.07, 6.45) is 0. The first-order chi connectivity index (χ1) is 12.7. The number of imidazole rings is 1. The maximum absolute atomic E-state index is 5.60. The average molecular weight is 383 g/mol. The van der Waals surface area contributed by atoms with Crippen LogP contribution in [0, 0.1) is 6.92 Å². The quantitative estimate of drug-likeness (QED) is 0.448. The van der Waals surface area contributed by atoms with E-state index in [9.17, 15) is 0 Å². The van der Waals surface area contributed by atoms with Gasteiger partial charge >= 0.3 is 5.16 Å². The van der Waals surface area contributed by atoms with Crippen LogP contribution in [0.5, 0.6) is 5.75 Å². The first kappa shape index (κ1) is 17.1. The fraction of sp³-hybridized carbons (Fsp3) is 0.150. The molecule has 6 heteroatoms. The van der Waals surface area contributed by atoms with Gasteiger partial charge in [-0.3, -0.25) is 0 Å². The zero-order valence-corrected chi connectivity index (χ0v) is 16.3. The number of thiol groups is 1. The molecule has 2 aromatic carbocycles. The van der Waals surface area contributed by atoms with Crippen LogP contribution in [-0.4, -0.2) is 11.6 Å². The number of aryl methyl sites for hydroxylation is 1. The van der Waals surface area contributed by atoms with Crippen LogP contribution >= 0.6 is 24.4 Å². The lowest BCUT2D eigenvalue weighted by atomic mass is 10.2. The lowest BCUT2D eigenvalue weighted by Gasteiger charge is -2.19. The molecule has 1 aliphatic heterocycles. The van der Waals surface area contributed by atoms with Crippen LogP contribution in [0.1, 0.15) is 18.3 Å². The van der Waals surface area contributed by atoms with E-state index in [0.29, 0.717) is 6.61 Å². The second-order valence-electron chi connectivity index (χ2n) is 5.96. The van der Waals surface area contributed by atoms with Crippen molar-refractivity contribution in [2.24, 2.45) is 0 Å². The van der Waals surface area contributed by atoms with Crippen molar-refractivity contribution in [3.63, 3.8) is 0 Å². The number of hydrogen-bond donors (Lipinski definition) is 3. The zero-order valence-electron chi connectivity index (χ0n) is 14.6. The Morgan fingerprint density at radius 2 is 1.96 bits per heavy atom. The van der Waals surface area contributed by atoms with Crippen LogP contribution < -0.4 is 14.6 Å². The van der Waals surface area contributed by atoms with Crippen molar-refractivity contribution in [1.29, 1.82) is 0 Å². The second-order valence-corrected chi connectivity index (χ2v) is 7.29. The van der Waals surface area contributed by atoms with E-state index < -0.39 is 0 Å². The van der Waals surface area contributed by atoms with Gasteiger partial charge in [-0.05, 0) is 37.3 Å². The second kappa shape index (κ2) is 7.13. The average Bonchev–Trinajstić information content (AvgIpc) is 2.96. The van der Waals surface area contributed by atoms with Crippen LogP contribution in [0.3, 0.4) is 0 Å². The van der Waals surface area contributed by atoms with E-state index in [4.69, 9.17) is 4.74 Å². The summed E-state index contributed by atoms with van der Waals surface area (Å²) < 4.78 is 7.72. The predicted molar refractivity (Wildman–Crippen MR) is 109 cm³/mol. The van der Waals surface area contributed by atoms with Crippen molar-refractivity contribution in [3.8, 4) is 11.4 Å². The Kier molecular flexibility index (Phi) is 4.70. The molecular weight excluding hydrogens is 362 g/mol. The molecule has 1 aromatic heterocycles. The number of H-pyrrole nitrogens is 1. The first-order valence-corrected chi connectivity index (χ1v) is 9.80. The molecule has 0 saturated carbocycles. The number of aromatic amines is 1. The van der Waals surface area contributed by atoms with Crippen LogP contribution in [0.15, 0.2) is 64.0 Å². The third-order valence-corrected chi connectivity index (χ3v) is 5.45. The van der Waals surface area contributed by atoms with Crippen molar-refractivity contribution >= 4 is 35.8 Å². The number of para-hydroxylation sites is 1. The number of benzene rings is 2. The van der Waals surface area contributed by atoms with E-state index in [-0.39, 0.29) is 0 Å². The van der Waals surface area contributed by atoms with E-state index in [2.05, 4.69) is 64.1 Å². The summed E-state index contributed by atoms with van der Waals surface area (Å²) in [5.74, 6) is 0.896. The van der Waals surface area contributed by atoms with Crippen LogP contribution in [0.2, 0.25) is 0 Å². The van der Waals surface area contributed by atoms with Gasteiger partial charge in [-0.25, -0.2) is 4.98 Å². The molecule has 0 saturated heterocycles. The molecule has 0 fully saturated rings. The van der Waals surface area contributed by atoms with Crippen molar-refractivity contribution in [2.45, 2.75) is 23.9 Å². The van der Waals surface area contributed by atoms with Gasteiger partial charge in [0, 0.05) is 17.2 Å². The van der Waals surface area contributed by atoms with Gasteiger partial charge < -0.3 is 10.1 Å². The molecule has 132 valence electrons. The molecule has 0 atom stereocenters. The van der Waals surface area contributed by atoms with Gasteiger partial charge in [0.25, 0.3) is 0 Å². The predicted octanol–water partition coefficient (Wildman–Crippen LogP) is 4.80. The summed E-state index contributed by atoms with van der Waals surface area (Å²) in [6, 6.07) is 16.4. The lowest BCUT2D eigenvalue weighted by molar-refractivity contribution is -0.637. The molecule has 26 heavy (non-hydrogen) atoms. The van der Waals surface area contributed by atoms with Crippen molar-refractivity contribution in [2.75, 3.05) is 11.9 Å². The monoisotopic (exact) mass is 382 g/mol. The minimum atomic E-state index is 0.669. The number of ether oxygens (including phenoxy) is 1. The number of nitrogens with one attached hydrogen (secondary N) is 2. The molecule has 2 heterocycles. The Balaban J connectivity index is 1.74. The van der Waals surface area contributed by atoms with Gasteiger partial charge in [0.15, 0.2) is 5.69 Å². The molecule has 0 spiro atoms. The number of aromatic nitrogens is 2. The van der Waals surface area contributed by atoms with E-state index in [1.807, 2.05) is 31.2 Å². The van der Waals surface area contributed by atoms with E-state index in [1.54, 1.807) is 11.8 Å². The Hall–Kier alpha value is -2.31. The molecule has 1 aliphatic rings. The Bertz CT molecular complexity index is 980. The molecule has 2 N–H and O–H groups in total. The Labute approximate surface area is 162 Å². The summed E-state index contributed by atoms with van der Waals surface area (Å²) in [5.41, 5.74) is 5.34. The number of hydrogen-bond acceptors (Lipinski definition) is 4. The zero-order chi connectivity index (χ0) is 18.1. The molecule has 4 nitrogen and oxygen atoms in total. The van der Waals surface area contributed by atoms with Crippen molar-refractivity contribution in [3.05, 3.63) is 65.3 Å². The van der Waals surface area contributed by atoms with Crippen LogP contribution in [0.4, 0.5) is 5.69 Å². The van der Waals surface area contributed by atoms with Gasteiger partial charge in [-0.1, -0.05) is 42.6 Å². The summed E-state index contributed by atoms with van der Waals surface area (Å²) in [6.45, 7) is 4.73. The molecule has 4 rings (SSSR count). The van der Waals surface area contributed by atoms with E-state index in [1.165, 1.54) is 0 Å². The standard InChI is InChI=1S/C20H19N3OS2/c1-3-24-15-9-10-16-18(11-15)26-12-17(22-16)19-13(2)21-20(25)23(19)14-7-5-4-6-8-14/h4-12,22H,3H2,1-2H3,(H,21,25)/p+1. The van der Waals surface area contributed by atoms with Gasteiger partial charge in [0.2, 0.25) is 0 Å². The van der Waals surface area contributed by atoms with Gasteiger partial charge in [-0.2, -0.15) is 4.57 Å². The largest absolute Gasteiger partial charge is 0.494 e. The van der Waals surface area contributed by atoms with Crippen LogP contribution in [-0.2, 0) is 0 Å². The third-order valence-electron chi connectivity index (χ3n) is 4.20. The molecule has 0 bridgehead atoms. The molecule has 0 amide bonds. The maximum atomic E-state index is 5.60. The third kappa shape index (κ3) is 3.10. The van der Waals surface area contributed by atoms with Gasteiger partial charge in [-0.15, -0.1) is 0 Å². The molecule has 0 aliphatic carbocycles. The smallest absolute Gasteiger partial charge is 0.318 e. The molecule has 0 radical (unpaired) electrons. The Morgan fingerprint density at radius 1 is 1.15 bits per heavy atom. The SMILES string of the molecule is CCOc1ccc2c(c1)SC=C(c1c(C)[nH]c(S)[n+]1-c1ccccc1)N2. The number of rotatable bonds is 4. The maximum Gasteiger partial charge on any atom is 0.318 e. The fourth-order valence-corrected chi connectivity index (χ4v) is 4.31. The Morgan fingerprint density at radius 3 is 2.73 bits per heavy atom. The highest BCUT2D eigenvalue weighted by Crippen LogP contribution is 2.39. The molecule has 3 aromatic rings. The van der Waals surface area contributed by atoms with E-state index in [0.717, 1.165) is 44.3 Å². The molecular formula is C20H20N3OS2+. The first-order valence-electron chi connectivity index (χ1n) is 8.47. The number of nitrogens with zero attached hydrogens (tertiary/aromatic N) is 1. The number of thioether (sulfide) groups is 1.